The van der Waals surface area contributed by atoms with Crippen molar-refractivity contribution in [3.8, 4) is 0 Å². The molecule has 1 saturated heterocycles. The summed E-state index contributed by atoms with van der Waals surface area (Å²) in [6, 6.07) is 5.27. The van der Waals surface area contributed by atoms with Gasteiger partial charge in [-0.2, -0.15) is 26.3 Å². The average molecular weight is 529 g/mol. The molecule has 0 saturated carbocycles. The molecule has 3 rings (SSSR count). The lowest BCUT2D eigenvalue weighted by Crippen LogP contribution is -2.67. The zero-order valence-electron chi connectivity index (χ0n) is 19.5. The van der Waals surface area contributed by atoms with Crippen LogP contribution in [0, 0.1) is 5.82 Å². The molecule has 0 aromatic heterocycles. The number of halogens is 7. The van der Waals surface area contributed by atoms with Gasteiger partial charge in [-0.05, 0) is 35.4 Å². The number of hydrogen-bond donors (Lipinski definition) is 4. The van der Waals surface area contributed by atoms with Gasteiger partial charge >= 0.3 is 12.4 Å². The molecule has 0 aliphatic carbocycles. The van der Waals surface area contributed by atoms with Crippen molar-refractivity contribution in [2.75, 3.05) is 6.61 Å². The van der Waals surface area contributed by atoms with Crippen LogP contribution in [0.4, 0.5) is 30.7 Å². The third-order valence-electron chi connectivity index (χ3n) is 5.96. The van der Waals surface area contributed by atoms with E-state index in [1.54, 1.807) is 0 Å². The number of ether oxygens (including phenoxy) is 2. The van der Waals surface area contributed by atoms with Gasteiger partial charge < -0.3 is 29.9 Å². The van der Waals surface area contributed by atoms with Gasteiger partial charge in [0.2, 0.25) is 5.79 Å². The predicted molar refractivity (Wildman–Crippen MR) is 109 cm³/mol. The molecule has 0 spiro atoms. The Hall–Kier alpha value is -2.29. The molecule has 0 radical (unpaired) electrons. The second-order valence-corrected chi connectivity index (χ2v) is 8.32. The van der Waals surface area contributed by atoms with Gasteiger partial charge in [0.05, 0.1) is 25.7 Å². The Morgan fingerprint density at radius 2 is 1.58 bits per heavy atom. The van der Waals surface area contributed by atoms with E-state index in [0.717, 1.165) is 31.2 Å². The number of aliphatic hydroxyl groups excluding tert-OH is 3. The van der Waals surface area contributed by atoms with Gasteiger partial charge in [-0.15, -0.1) is 0 Å². The second kappa shape index (κ2) is 10.2. The number of alkyl halides is 6. The van der Waals surface area contributed by atoms with Crippen LogP contribution in [0.2, 0.25) is 0 Å². The summed E-state index contributed by atoms with van der Waals surface area (Å²) in [4.78, 5) is 0. The summed E-state index contributed by atoms with van der Waals surface area (Å²) >= 11 is 0. The topological polar surface area (TPSA) is 99.4 Å². The molecule has 4 N–H and O–H groups in total. The Balaban J connectivity index is 2.06. The first kappa shape index (κ1) is 26.8. The fourth-order valence-corrected chi connectivity index (χ4v) is 3.94. The molecular formula is C23H23F7O6. The van der Waals surface area contributed by atoms with Crippen molar-refractivity contribution in [3.05, 3.63) is 70.5 Å². The van der Waals surface area contributed by atoms with E-state index in [4.69, 9.17) is 10.8 Å². The van der Waals surface area contributed by atoms with E-state index >= 15 is 0 Å². The molecule has 7 atom stereocenters. The van der Waals surface area contributed by atoms with Crippen LogP contribution in [0.25, 0.3) is 0 Å². The number of hydrogen-bond acceptors (Lipinski definition) is 6. The van der Waals surface area contributed by atoms with Crippen LogP contribution in [-0.2, 0) is 28.4 Å². The second-order valence-electron chi connectivity index (χ2n) is 8.32. The molecule has 0 bridgehead atoms. The van der Waals surface area contributed by atoms with Gasteiger partial charge in [-0.25, -0.2) is 4.39 Å². The van der Waals surface area contributed by atoms with Gasteiger partial charge in [0.25, 0.3) is 0 Å². The Morgan fingerprint density at radius 3 is 2.11 bits per heavy atom. The molecule has 2 aromatic carbocycles. The van der Waals surface area contributed by atoms with Crippen LogP contribution in [0.15, 0.2) is 42.5 Å². The SMILES string of the molecule is [2H]C(O[C@@H]1[C@@H](O)[C@@H](O)[C@@H](CO)O[C@]1(O)C(C)c1ccc(C(F)(F)F)c(C(F)(F)F)c1)c1ccc(F)cc1. The molecule has 1 fully saturated rings. The van der Waals surface area contributed by atoms with Crippen molar-refractivity contribution in [2.45, 2.75) is 62.0 Å². The predicted octanol–water partition coefficient (Wildman–Crippen LogP) is 3.35. The fourth-order valence-electron chi connectivity index (χ4n) is 3.94. The van der Waals surface area contributed by atoms with Crippen molar-refractivity contribution in [3.63, 3.8) is 0 Å². The largest absolute Gasteiger partial charge is 0.417 e. The number of benzene rings is 2. The summed E-state index contributed by atoms with van der Waals surface area (Å²) in [5.74, 6) is -5.16. The highest BCUT2D eigenvalue weighted by atomic mass is 19.4. The first-order valence-corrected chi connectivity index (χ1v) is 10.5. The molecule has 2 aromatic rings. The molecule has 1 heterocycles. The van der Waals surface area contributed by atoms with E-state index in [-0.39, 0.29) is 17.7 Å². The molecule has 200 valence electrons. The number of aliphatic hydroxyl groups is 4. The van der Waals surface area contributed by atoms with Gasteiger partial charge in [0.15, 0.2) is 0 Å². The van der Waals surface area contributed by atoms with Crippen LogP contribution < -0.4 is 0 Å². The summed E-state index contributed by atoms with van der Waals surface area (Å²) in [7, 11) is 0. The minimum atomic E-state index is -5.43. The Kier molecular flexibility index (Phi) is 7.60. The third-order valence-corrected chi connectivity index (χ3v) is 5.96. The highest BCUT2D eigenvalue weighted by molar-refractivity contribution is 5.38. The van der Waals surface area contributed by atoms with Crippen LogP contribution in [-0.4, -0.2) is 57.2 Å². The van der Waals surface area contributed by atoms with E-state index in [9.17, 15) is 51.2 Å². The van der Waals surface area contributed by atoms with E-state index < -0.39 is 84.2 Å². The van der Waals surface area contributed by atoms with E-state index in [0.29, 0.717) is 6.07 Å². The Morgan fingerprint density at radius 1 is 1.00 bits per heavy atom. The maximum Gasteiger partial charge on any atom is 0.417 e. The smallest absolute Gasteiger partial charge is 0.394 e. The molecule has 2 unspecified atom stereocenters. The average Bonchev–Trinajstić information content (AvgIpc) is 2.82. The van der Waals surface area contributed by atoms with Crippen molar-refractivity contribution in [1.29, 1.82) is 0 Å². The molecule has 1 aliphatic rings. The third kappa shape index (κ3) is 5.66. The highest BCUT2D eigenvalue weighted by Crippen LogP contribution is 2.45. The van der Waals surface area contributed by atoms with Crippen LogP contribution in [0.3, 0.4) is 0 Å². The van der Waals surface area contributed by atoms with Crippen LogP contribution in [0.1, 0.15) is 36.5 Å². The quantitative estimate of drug-likeness (QED) is 0.429. The lowest BCUT2D eigenvalue weighted by atomic mass is 9.81. The Labute approximate surface area is 201 Å². The lowest BCUT2D eigenvalue weighted by molar-refractivity contribution is -0.365. The Bertz CT molecular complexity index is 1080. The van der Waals surface area contributed by atoms with Gasteiger partial charge in [-0.1, -0.05) is 25.1 Å². The molecule has 13 heteroatoms. The lowest BCUT2D eigenvalue weighted by Gasteiger charge is -2.50. The zero-order valence-corrected chi connectivity index (χ0v) is 18.5. The van der Waals surface area contributed by atoms with E-state index in [1.165, 1.54) is 0 Å². The summed E-state index contributed by atoms with van der Waals surface area (Å²) in [6.45, 7) is -1.64. The van der Waals surface area contributed by atoms with Crippen LogP contribution >= 0.6 is 0 Å². The minimum Gasteiger partial charge on any atom is -0.394 e. The molecule has 1 aliphatic heterocycles. The molecule has 36 heavy (non-hydrogen) atoms. The van der Waals surface area contributed by atoms with E-state index in [1.807, 2.05) is 0 Å². The maximum atomic E-state index is 13.5. The van der Waals surface area contributed by atoms with Crippen molar-refractivity contribution in [1.82, 2.24) is 0 Å². The first-order valence-electron chi connectivity index (χ1n) is 11.1. The zero-order chi connectivity index (χ0) is 27.9. The molecule has 6 nitrogen and oxygen atoms in total. The summed E-state index contributed by atoms with van der Waals surface area (Å²) in [6.07, 6.45) is -18.4. The summed E-state index contributed by atoms with van der Waals surface area (Å²) in [5, 5.41) is 41.9. The maximum absolute atomic E-state index is 13.5. The van der Waals surface area contributed by atoms with Crippen molar-refractivity contribution >= 4 is 0 Å². The fraction of sp³-hybridized carbons (Fsp3) is 0.478. The summed E-state index contributed by atoms with van der Waals surface area (Å²) in [5.41, 5.74) is -4.49. The van der Waals surface area contributed by atoms with Gasteiger partial charge in [-0.3, -0.25) is 0 Å². The monoisotopic (exact) mass is 529 g/mol. The van der Waals surface area contributed by atoms with Crippen molar-refractivity contribution < 1.29 is 62.0 Å². The molecular weight excluding hydrogens is 505 g/mol. The first-order chi connectivity index (χ1) is 17.0. The normalized spacial score (nSPS) is 29.5. The van der Waals surface area contributed by atoms with Gasteiger partial charge in [0, 0.05) is 5.92 Å². The number of rotatable bonds is 6. The minimum absolute atomic E-state index is 0.0243. The summed E-state index contributed by atoms with van der Waals surface area (Å²) < 4.78 is 112. The standard InChI is InChI=1S/C23H23F7O6/c1-11(13-4-7-15(22(25,26)27)16(8-13)23(28,29)30)21(34)20(19(33)18(32)17(9-31)36-21)35-10-12-2-5-14(24)6-3-12/h2-8,11,17-20,31-34H,9-10H2,1H3/t11?,17-,18+,19+,20-,21-/m1/s1/i10D/t10?,11?,17-,18+,19+,20-,21-. The van der Waals surface area contributed by atoms with E-state index in [2.05, 4.69) is 0 Å². The molecule has 0 amide bonds. The van der Waals surface area contributed by atoms with Crippen molar-refractivity contribution in [2.24, 2.45) is 0 Å². The van der Waals surface area contributed by atoms with Gasteiger partial charge in [0.1, 0.15) is 30.2 Å². The van der Waals surface area contributed by atoms with Crippen LogP contribution in [0.5, 0.6) is 0 Å². The highest BCUT2D eigenvalue weighted by Gasteiger charge is 2.57.